The number of carbonyl (C=O) groups excluding carboxylic acids is 2. The molecule has 2 heterocycles. The van der Waals surface area contributed by atoms with Crippen molar-refractivity contribution < 1.29 is 23.5 Å². The lowest BCUT2D eigenvalue weighted by Gasteiger charge is -2.19. The van der Waals surface area contributed by atoms with E-state index in [0.717, 1.165) is 0 Å². The first-order valence-corrected chi connectivity index (χ1v) is 10.1. The van der Waals surface area contributed by atoms with Gasteiger partial charge in [-0.1, -0.05) is 18.2 Å². The van der Waals surface area contributed by atoms with E-state index in [1.54, 1.807) is 52.9 Å². The lowest BCUT2D eigenvalue weighted by atomic mass is 10.1. The van der Waals surface area contributed by atoms with Crippen molar-refractivity contribution in [1.82, 2.24) is 19.7 Å². The molecule has 0 radical (unpaired) electrons. The van der Waals surface area contributed by atoms with Crippen molar-refractivity contribution in [3.8, 4) is 11.4 Å². The molecule has 0 fully saturated rings. The van der Waals surface area contributed by atoms with E-state index in [1.807, 2.05) is 0 Å². The van der Waals surface area contributed by atoms with Crippen LogP contribution in [0, 0.1) is 5.82 Å². The summed E-state index contributed by atoms with van der Waals surface area (Å²) in [6, 6.07) is 6.06. The largest absolute Gasteiger partial charge is 0.444 e. The summed E-state index contributed by atoms with van der Waals surface area (Å²) in [7, 11) is 1.62. The van der Waals surface area contributed by atoms with Crippen LogP contribution in [0.4, 0.5) is 25.5 Å². The number of hydrogen-bond donors (Lipinski definition) is 2. The molecule has 0 saturated heterocycles. The molecule has 0 bridgehead atoms. The molecular formula is C22H25FN6O4. The highest BCUT2D eigenvalue weighted by Gasteiger charge is 2.20. The molecule has 174 valence electrons. The Labute approximate surface area is 190 Å². The van der Waals surface area contributed by atoms with Crippen LogP contribution in [-0.2, 0) is 16.5 Å². The third-order valence-electron chi connectivity index (χ3n) is 4.32. The second-order valence-corrected chi connectivity index (χ2v) is 8.15. The van der Waals surface area contributed by atoms with Crippen molar-refractivity contribution in [2.24, 2.45) is 7.05 Å². The van der Waals surface area contributed by atoms with Gasteiger partial charge in [0.05, 0.1) is 29.8 Å². The van der Waals surface area contributed by atoms with Crippen molar-refractivity contribution in [1.29, 1.82) is 0 Å². The zero-order valence-corrected chi connectivity index (χ0v) is 18.9. The van der Waals surface area contributed by atoms with E-state index in [9.17, 15) is 14.0 Å². The predicted octanol–water partition coefficient (Wildman–Crippen LogP) is 4.67. The third-order valence-corrected chi connectivity index (χ3v) is 4.32. The van der Waals surface area contributed by atoms with Gasteiger partial charge < -0.3 is 9.47 Å². The highest BCUT2D eigenvalue weighted by Crippen LogP contribution is 2.26. The number of ether oxygens (including phenoxy) is 2. The highest BCUT2D eigenvalue weighted by molar-refractivity contribution is 5.89. The number of benzene rings is 1. The van der Waals surface area contributed by atoms with Crippen molar-refractivity contribution in [3.05, 3.63) is 54.2 Å². The Balaban J connectivity index is 1.70. The molecule has 1 atom stereocenters. The van der Waals surface area contributed by atoms with Gasteiger partial charge in [-0.05, 0) is 33.8 Å². The number of anilines is 2. The molecule has 33 heavy (non-hydrogen) atoms. The molecular weight excluding hydrogens is 431 g/mol. The number of amides is 2. The third kappa shape index (κ3) is 6.25. The van der Waals surface area contributed by atoms with E-state index in [0.29, 0.717) is 11.3 Å². The van der Waals surface area contributed by atoms with Gasteiger partial charge in [0.25, 0.3) is 0 Å². The summed E-state index contributed by atoms with van der Waals surface area (Å²) in [6.07, 6.45) is 2.06. The first kappa shape index (κ1) is 23.6. The smallest absolute Gasteiger partial charge is 0.413 e. The Bertz CT molecular complexity index is 1140. The molecule has 0 unspecified atom stereocenters. The molecule has 2 N–H and O–H groups in total. The maximum absolute atomic E-state index is 13.9. The van der Waals surface area contributed by atoms with Crippen LogP contribution in [0.3, 0.4) is 0 Å². The Kier molecular flexibility index (Phi) is 6.90. The number of nitrogens with one attached hydrogen (secondary N) is 2. The summed E-state index contributed by atoms with van der Waals surface area (Å²) in [5.41, 5.74) is 0.384. The van der Waals surface area contributed by atoms with E-state index in [1.165, 1.54) is 29.3 Å². The topological polar surface area (TPSA) is 120 Å². The number of aromatic nitrogens is 4. The summed E-state index contributed by atoms with van der Waals surface area (Å²) in [6.45, 7) is 6.84. The fraction of sp³-hybridized carbons (Fsp3) is 0.318. The lowest BCUT2D eigenvalue weighted by molar-refractivity contribution is 0.0635. The summed E-state index contributed by atoms with van der Waals surface area (Å²) in [5.74, 6) is 0.0800. The van der Waals surface area contributed by atoms with Gasteiger partial charge in [-0.15, -0.1) is 0 Å². The molecule has 10 nitrogen and oxygen atoms in total. The van der Waals surface area contributed by atoms with Crippen LogP contribution in [0.1, 0.15) is 39.4 Å². The second kappa shape index (κ2) is 9.63. The van der Waals surface area contributed by atoms with Gasteiger partial charge >= 0.3 is 12.2 Å². The second-order valence-electron chi connectivity index (χ2n) is 8.15. The molecule has 0 aliphatic carbocycles. The van der Waals surface area contributed by atoms with Crippen LogP contribution in [0.25, 0.3) is 11.4 Å². The molecule has 3 aromatic rings. The minimum atomic E-state index is -0.808. The fourth-order valence-corrected chi connectivity index (χ4v) is 2.86. The van der Waals surface area contributed by atoms with E-state index < -0.39 is 29.7 Å². The summed E-state index contributed by atoms with van der Waals surface area (Å²) in [4.78, 5) is 32.8. The molecule has 3 rings (SSSR count). The van der Waals surface area contributed by atoms with Gasteiger partial charge in [-0.25, -0.2) is 23.9 Å². The molecule has 0 aliphatic heterocycles. The summed E-state index contributed by atoms with van der Waals surface area (Å²) < 4.78 is 25.8. The number of nitrogens with zero attached hydrogens (tertiary/aromatic N) is 4. The average Bonchev–Trinajstić information content (AvgIpc) is 3.07. The number of hydrogen-bond acceptors (Lipinski definition) is 7. The highest BCUT2D eigenvalue weighted by atomic mass is 19.1. The Hall–Kier alpha value is -4.02. The SMILES string of the molecule is C[C@@H](OC(=O)Nc1c(-c2ncc(NC(=O)OC(C)(C)C)cn2)cnn1C)c1ccccc1F. The summed E-state index contributed by atoms with van der Waals surface area (Å²) in [5, 5.41) is 9.27. The van der Waals surface area contributed by atoms with Crippen LogP contribution in [0.15, 0.2) is 42.9 Å². The first-order valence-electron chi connectivity index (χ1n) is 10.1. The first-order chi connectivity index (χ1) is 15.5. The zero-order chi connectivity index (χ0) is 24.2. The van der Waals surface area contributed by atoms with Gasteiger partial charge in [-0.3, -0.25) is 15.3 Å². The molecule has 2 amide bonds. The Morgan fingerprint density at radius 2 is 1.73 bits per heavy atom. The lowest BCUT2D eigenvalue weighted by Crippen LogP contribution is -2.27. The van der Waals surface area contributed by atoms with Crippen LogP contribution in [0.2, 0.25) is 0 Å². The van der Waals surface area contributed by atoms with E-state index >= 15 is 0 Å². The number of halogens is 1. The standard InChI is InChI=1S/C22H25FN6O4/c1-13(15-8-6-7-9-17(15)23)32-20(30)28-19-16(12-26-29(19)5)18-24-10-14(11-25-18)27-21(31)33-22(2,3)4/h6-13H,1-5H3,(H,27,31)(H,28,30)/t13-/m1/s1. The maximum Gasteiger partial charge on any atom is 0.413 e. The fourth-order valence-electron chi connectivity index (χ4n) is 2.86. The van der Waals surface area contributed by atoms with Crippen molar-refractivity contribution in [3.63, 3.8) is 0 Å². The van der Waals surface area contributed by atoms with E-state index in [-0.39, 0.29) is 17.2 Å². The Morgan fingerprint density at radius 1 is 1.06 bits per heavy atom. The summed E-state index contributed by atoms with van der Waals surface area (Å²) >= 11 is 0. The van der Waals surface area contributed by atoms with Crippen LogP contribution in [0.5, 0.6) is 0 Å². The van der Waals surface area contributed by atoms with Gasteiger partial charge in [0.1, 0.15) is 23.3 Å². The van der Waals surface area contributed by atoms with Crippen molar-refractivity contribution >= 4 is 23.7 Å². The zero-order valence-electron chi connectivity index (χ0n) is 18.9. The minimum absolute atomic E-state index is 0.259. The number of carbonyl (C=O) groups is 2. The molecule has 1 aromatic carbocycles. The molecule has 11 heteroatoms. The van der Waals surface area contributed by atoms with Crippen LogP contribution in [-0.4, -0.2) is 37.5 Å². The van der Waals surface area contributed by atoms with Crippen LogP contribution < -0.4 is 10.6 Å². The molecule has 0 spiro atoms. The quantitative estimate of drug-likeness (QED) is 0.572. The Morgan fingerprint density at radius 3 is 2.36 bits per heavy atom. The molecule has 0 aliphatic rings. The van der Waals surface area contributed by atoms with Gasteiger partial charge in [0.15, 0.2) is 5.82 Å². The van der Waals surface area contributed by atoms with Gasteiger partial charge in [-0.2, -0.15) is 5.10 Å². The molecule has 2 aromatic heterocycles. The number of rotatable bonds is 5. The van der Waals surface area contributed by atoms with Crippen LogP contribution >= 0.6 is 0 Å². The predicted molar refractivity (Wildman–Crippen MR) is 119 cm³/mol. The minimum Gasteiger partial charge on any atom is -0.444 e. The maximum atomic E-state index is 13.9. The monoisotopic (exact) mass is 456 g/mol. The van der Waals surface area contributed by atoms with Gasteiger partial charge in [0.2, 0.25) is 0 Å². The van der Waals surface area contributed by atoms with Gasteiger partial charge in [0, 0.05) is 12.6 Å². The molecule has 0 saturated carbocycles. The van der Waals surface area contributed by atoms with Crippen molar-refractivity contribution in [2.75, 3.05) is 10.6 Å². The average molecular weight is 456 g/mol. The number of aryl methyl sites for hydroxylation is 1. The van der Waals surface area contributed by atoms with E-state index in [2.05, 4.69) is 25.7 Å². The normalized spacial score (nSPS) is 12.1. The van der Waals surface area contributed by atoms with E-state index in [4.69, 9.17) is 9.47 Å². The van der Waals surface area contributed by atoms with Crippen molar-refractivity contribution in [2.45, 2.75) is 39.4 Å².